The van der Waals surface area contributed by atoms with Crippen molar-refractivity contribution in [3.05, 3.63) is 22.7 Å². The van der Waals surface area contributed by atoms with E-state index >= 15 is 0 Å². The zero-order valence-electron chi connectivity index (χ0n) is 4.35. The maximum Gasteiger partial charge on any atom is 0.126 e. The molecule has 1 heterocycles. The minimum atomic E-state index is 0.744. The quantitative estimate of drug-likeness (QED) is 0.590. The van der Waals surface area contributed by atoms with Crippen molar-refractivity contribution in [1.82, 2.24) is 9.97 Å². The van der Waals surface area contributed by atoms with Crippen LogP contribution in [0.3, 0.4) is 0 Å². The molecule has 1 aromatic heterocycles. The number of halogens is 1. The molecule has 0 aliphatic heterocycles. The summed E-state index contributed by atoms with van der Waals surface area (Å²) < 4.78 is 0.795. The van der Waals surface area contributed by atoms with Crippen LogP contribution in [0, 0.1) is 13.1 Å². The van der Waals surface area contributed by atoms with Crippen LogP contribution in [-0.2, 0) is 0 Å². The van der Waals surface area contributed by atoms with Gasteiger partial charge in [0, 0.05) is 6.20 Å². The van der Waals surface area contributed by atoms with E-state index in [1.165, 1.54) is 0 Å². The van der Waals surface area contributed by atoms with Crippen molar-refractivity contribution in [3.63, 3.8) is 0 Å². The van der Waals surface area contributed by atoms with Gasteiger partial charge in [0.2, 0.25) is 0 Å². The van der Waals surface area contributed by atoms with Gasteiger partial charge in [-0.1, -0.05) is 0 Å². The summed E-state index contributed by atoms with van der Waals surface area (Å²) in [6, 6.07) is 0. The first kappa shape index (κ1) is 5.69. The summed E-state index contributed by atoms with van der Waals surface area (Å²) >= 11 is 3.16. The van der Waals surface area contributed by atoms with E-state index < -0.39 is 0 Å². The van der Waals surface area contributed by atoms with Crippen molar-refractivity contribution in [3.8, 4) is 0 Å². The first-order chi connectivity index (χ1) is 3.79. The second-order valence-electron chi connectivity index (χ2n) is 1.38. The van der Waals surface area contributed by atoms with Gasteiger partial charge < -0.3 is 0 Å². The van der Waals surface area contributed by atoms with Crippen molar-refractivity contribution in [1.29, 1.82) is 0 Å². The van der Waals surface area contributed by atoms with Crippen LogP contribution in [0.25, 0.3) is 0 Å². The Kier molecular flexibility index (Phi) is 1.58. The van der Waals surface area contributed by atoms with Crippen LogP contribution in [0.1, 0.15) is 5.82 Å². The van der Waals surface area contributed by atoms with Gasteiger partial charge in [0.15, 0.2) is 0 Å². The van der Waals surface area contributed by atoms with E-state index in [0.717, 1.165) is 10.3 Å². The predicted molar refractivity (Wildman–Crippen MR) is 33.3 cm³/mol. The van der Waals surface area contributed by atoms with Gasteiger partial charge in [-0.05, 0) is 22.9 Å². The molecule has 8 heavy (non-hydrogen) atoms. The Hall–Kier alpha value is -0.440. The summed E-state index contributed by atoms with van der Waals surface area (Å²) in [7, 11) is 0. The van der Waals surface area contributed by atoms with E-state index in [-0.39, 0.29) is 0 Å². The maximum absolute atomic E-state index is 3.89. The highest BCUT2D eigenvalue weighted by Crippen LogP contribution is 2.01. The topological polar surface area (TPSA) is 25.8 Å². The van der Waals surface area contributed by atoms with Crippen LogP contribution in [-0.4, -0.2) is 9.97 Å². The Bertz CT molecular complexity index is 149. The normalized spacial score (nSPS) is 9.25. The van der Waals surface area contributed by atoms with Crippen LogP contribution in [0.2, 0.25) is 0 Å². The molecule has 0 saturated heterocycles. The molecular formula is C5H4BrN2. The largest absolute Gasteiger partial charge is 0.240 e. The second-order valence-corrected chi connectivity index (χ2v) is 2.23. The fourth-order valence-corrected chi connectivity index (χ4v) is 0.533. The molecule has 1 radical (unpaired) electrons. The summed E-state index contributed by atoms with van der Waals surface area (Å²) in [5.74, 6) is 0.744. The molecule has 0 saturated carbocycles. The van der Waals surface area contributed by atoms with Crippen LogP contribution < -0.4 is 0 Å². The Morgan fingerprint density at radius 1 is 1.75 bits per heavy atom. The molecule has 0 aliphatic carbocycles. The summed E-state index contributed by atoms with van der Waals surface area (Å²) in [5, 5.41) is 0. The van der Waals surface area contributed by atoms with Gasteiger partial charge in [-0.25, -0.2) is 9.97 Å². The van der Waals surface area contributed by atoms with E-state index in [1.807, 2.05) is 6.92 Å². The van der Waals surface area contributed by atoms with Crippen LogP contribution >= 0.6 is 15.9 Å². The lowest BCUT2D eigenvalue weighted by Gasteiger charge is -1.86. The lowest BCUT2D eigenvalue weighted by atomic mass is 10.6. The number of aromatic nitrogens is 2. The fraction of sp³-hybridized carbons (Fsp3) is 0.200. The molecule has 0 spiro atoms. The van der Waals surface area contributed by atoms with Crippen molar-refractivity contribution < 1.29 is 0 Å². The number of hydrogen-bond acceptors (Lipinski definition) is 2. The lowest BCUT2D eigenvalue weighted by molar-refractivity contribution is 1.04. The third-order valence-corrected chi connectivity index (χ3v) is 1.07. The average molecular weight is 172 g/mol. The second kappa shape index (κ2) is 2.22. The van der Waals surface area contributed by atoms with E-state index in [9.17, 15) is 0 Å². The molecule has 0 amide bonds. The van der Waals surface area contributed by atoms with Gasteiger partial charge in [-0.2, -0.15) is 0 Å². The molecule has 1 aromatic rings. The molecule has 0 unspecified atom stereocenters. The molecule has 0 aliphatic rings. The van der Waals surface area contributed by atoms with Gasteiger partial charge >= 0.3 is 0 Å². The van der Waals surface area contributed by atoms with Crippen molar-refractivity contribution in [2.24, 2.45) is 0 Å². The van der Waals surface area contributed by atoms with E-state index in [2.05, 4.69) is 32.1 Å². The van der Waals surface area contributed by atoms with Gasteiger partial charge in [0.25, 0.3) is 0 Å². The Labute approximate surface area is 56.1 Å². The molecule has 1 rings (SSSR count). The highest BCUT2D eigenvalue weighted by molar-refractivity contribution is 9.10. The molecule has 41 valence electrons. The Morgan fingerprint density at radius 3 is 2.88 bits per heavy atom. The molecule has 0 aromatic carbocycles. The standard InChI is InChI=1S/C5H4BrN2/c1-4-7-2-5(6)3-8-4/h2H,1H3. The summed E-state index contributed by atoms with van der Waals surface area (Å²) in [5.41, 5.74) is 0. The van der Waals surface area contributed by atoms with Crippen LogP contribution in [0.4, 0.5) is 0 Å². The monoisotopic (exact) mass is 171 g/mol. The van der Waals surface area contributed by atoms with Crippen molar-refractivity contribution in [2.45, 2.75) is 6.92 Å². The zero-order chi connectivity index (χ0) is 5.98. The number of nitrogens with zero attached hydrogens (tertiary/aromatic N) is 2. The molecule has 2 nitrogen and oxygen atoms in total. The third kappa shape index (κ3) is 1.26. The number of rotatable bonds is 0. The fourth-order valence-electron chi connectivity index (χ4n) is 0.342. The van der Waals surface area contributed by atoms with Crippen molar-refractivity contribution in [2.75, 3.05) is 0 Å². The molecule has 3 heteroatoms. The third-order valence-electron chi connectivity index (χ3n) is 0.689. The van der Waals surface area contributed by atoms with Gasteiger partial charge in [0.05, 0.1) is 4.47 Å². The molecule has 0 atom stereocenters. The molecular weight excluding hydrogens is 168 g/mol. The average Bonchev–Trinajstić information content (AvgIpc) is 1.77. The minimum Gasteiger partial charge on any atom is -0.240 e. The summed E-state index contributed by atoms with van der Waals surface area (Å²) in [4.78, 5) is 7.69. The first-order valence-electron chi connectivity index (χ1n) is 2.16. The first-order valence-corrected chi connectivity index (χ1v) is 2.95. The molecule has 0 fully saturated rings. The van der Waals surface area contributed by atoms with Crippen molar-refractivity contribution >= 4 is 15.9 Å². The highest BCUT2D eigenvalue weighted by atomic mass is 79.9. The Morgan fingerprint density at radius 2 is 2.50 bits per heavy atom. The van der Waals surface area contributed by atoms with Crippen LogP contribution in [0.5, 0.6) is 0 Å². The van der Waals surface area contributed by atoms with Gasteiger partial charge in [-0.3, -0.25) is 0 Å². The predicted octanol–water partition coefficient (Wildman–Crippen LogP) is 1.35. The van der Waals surface area contributed by atoms with Crippen LogP contribution in [0.15, 0.2) is 10.7 Å². The van der Waals surface area contributed by atoms with E-state index in [1.54, 1.807) is 6.20 Å². The van der Waals surface area contributed by atoms with Gasteiger partial charge in [-0.15, -0.1) is 0 Å². The van der Waals surface area contributed by atoms with Gasteiger partial charge in [0.1, 0.15) is 12.0 Å². The SMILES string of the molecule is Cc1n[c]c(Br)cn1. The van der Waals surface area contributed by atoms with E-state index in [4.69, 9.17) is 0 Å². The smallest absolute Gasteiger partial charge is 0.126 e. The maximum atomic E-state index is 3.89. The lowest BCUT2D eigenvalue weighted by Crippen LogP contribution is -1.83. The number of hydrogen-bond donors (Lipinski definition) is 0. The zero-order valence-corrected chi connectivity index (χ0v) is 5.94. The molecule has 0 N–H and O–H groups in total. The summed E-state index contributed by atoms with van der Waals surface area (Å²) in [6.45, 7) is 1.82. The minimum absolute atomic E-state index is 0.744. The molecule has 0 bridgehead atoms. The Balaban J connectivity index is 3.03. The number of aryl methyl sites for hydroxylation is 1. The summed E-state index contributed by atoms with van der Waals surface area (Å²) in [6.07, 6.45) is 4.37. The van der Waals surface area contributed by atoms with E-state index in [0.29, 0.717) is 0 Å². The highest BCUT2D eigenvalue weighted by Gasteiger charge is 1.85.